The molecule has 5 aromatic carbocycles. The van der Waals surface area contributed by atoms with Crippen molar-refractivity contribution in [3.63, 3.8) is 0 Å². The minimum atomic E-state index is -1.55. The number of aliphatic hydroxyl groups is 2. The Labute approximate surface area is 409 Å². The molecule has 1 amide bonds. The smallest absolute Gasteiger partial charge is 0.410 e. The van der Waals surface area contributed by atoms with Gasteiger partial charge in [-0.05, 0) is 96.2 Å². The number of carbonyl (C=O) groups excluding carboxylic acids is 1. The number of unbranched alkanes of at least 4 members (excludes halogenated alkanes) is 2. The first kappa shape index (κ1) is 49.8. The number of hydrogen-bond donors (Lipinski definition) is 2. The Kier molecular flexibility index (Phi) is 17.0. The van der Waals surface area contributed by atoms with Crippen LogP contribution in [-0.4, -0.2) is 83.3 Å². The van der Waals surface area contributed by atoms with Crippen molar-refractivity contribution in [1.82, 2.24) is 4.90 Å². The molecule has 1 aliphatic heterocycles. The van der Waals surface area contributed by atoms with Gasteiger partial charge in [0, 0.05) is 37.2 Å². The molecule has 0 bridgehead atoms. The molecule has 8 rings (SSSR count). The first-order valence-electron chi connectivity index (χ1n) is 24.4. The first-order valence-corrected chi connectivity index (χ1v) is 24.4. The molecule has 6 atom stereocenters. The average molecular weight is 954 g/mol. The van der Waals surface area contributed by atoms with Crippen LogP contribution in [0.5, 0.6) is 17.2 Å². The van der Waals surface area contributed by atoms with E-state index in [4.69, 9.17) is 33.7 Å². The molecule has 14 nitrogen and oxygen atoms in total. The predicted molar refractivity (Wildman–Crippen MR) is 267 cm³/mol. The molecule has 2 aliphatic carbocycles. The summed E-state index contributed by atoms with van der Waals surface area (Å²) in [5.41, 5.74) is 4.18. The molecular formula is C56H63N3O11. The summed E-state index contributed by atoms with van der Waals surface area (Å²) >= 11 is 0. The van der Waals surface area contributed by atoms with Crippen molar-refractivity contribution in [2.45, 2.75) is 82.8 Å². The molecule has 6 unspecified atom stereocenters. The number of fused-ring (bicyclic) bond motifs is 3. The van der Waals surface area contributed by atoms with Gasteiger partial charge in [0.1, 0.15) is 36.5 Å². The van der Waals surface area contributed by atoms with Crippen molar-refractivity contribution in [3.05, 3.63) is 166 Å². The fraction of sp³-hybridized carbons (Fsp3) is 0.393. The maximum Gasteiger partial charge on any atom is 0.410 e. The van der Waals surface area contributed by atoms with E-state index in [1.165, 1.54) is 12.1 Å². The number of nitrogens with zero attached hydrogens (tertiary/aromatic N) is 3. The molecule has 0 saturated heterocycles. The van der Waals surface area contributed by atoms with Gasteiger partial charge >= 0.3 is 6.09 Å². The SMILES string of the molecule is C=CCOC12Oc3ccc(Oc4cccc([N+](=O)[O-])c4)cc3C3C(CCCCO)C(CCCCO)C=C(C(=NOCC)CC1N(Cc1cccc4ccccc14)C(=O)OCCOCc1ccccc1)C32. The molecule has 1 saturated carbocycles. The maximum atomic E-state index is 15.2. The molecule has 70 heavy (non-hydrogen) atoms. The van der Waals surface area contributed by atoms with Gasteiger partial charge < -0.3 is 38.7 Å². The van der Waals surface area contributed by atoms with Gasteiger partial charge in [0.15, 0.2) is 0 Å². The van der Waals surface area contributed by atoms with Crippen LogP contribution < -0.4 is 9.47 Å². The average Bonchev–Trinajstić information content (AvgIpc) is 3.38. The van der Waals surface area contributed by atoms with E-state index in [2.05, 4.69) is 12.7 Å². The van der Waals surface area contributed by atoms with Gasteiger partial charge in [-0.3, -0.25) is 15.0 Å². The number of carbonyl (C=O) groups is 1. The van der Waals surface area contributed by atoms with Crippen LogP contribution in [0.2, 0.25) is 0 Å². The predicted octanol–water partition coefficient (Wildman–Crippen LogP) is 11.0. The monoisotopic (exact) mass is 953 g/mol. The number of hydrogen-bond acceptors (Lipinski definition) is 12. The minimum absolute atomic E-state index is 0.00177. The third-order valence-corrected chi connectivity index (χ3v) is 13.6. The molecule has 0 spiro atoms. The van der Waals surface area contributed by atoms with Gasteiger partial charge in [0.2, 0.25) is 5.79 Å². The highest BCUT2D eigenvalue weighted by Crippen LogP contribution is 2.62. The van der Waals surface area contributed by atoms with E-state index in [1.807, 2.05) is 91.9 Å². The number of allylic oxidation sites excluding steroid dienone is 1. The van der Waals surface area contributed by atoms with Gasteiger partial charge in [-0.2, -0.15) is 0 Å². The summed E-state index contributed by atoms with van der Waals surface area (Å²) < 4.78 is 33.2. The van der Waals surface area contributed by atoms with Crippen LogP contribution in [-0.2, 0) is 32.2 Å². The third kappa shape index (κ3) is 11.2. The van der Waals surface area contributed by atoms with Crippen LogP contribution in [0, 0.1) is 27.9 Å². The second kappa shape index (κ2) is 23.8. The van der Waals surface area contributed by atoms with E-state index in [9.17, 15) is 20.3 Å². The van der Waals surface area contributed by atoms with Gasteiger partial charge in [0.05, 0.1) is 49.0 Å². The molecule has 1 fully saturated rings. The lowest BCUT2D eigenvalue weighted by molar-refractivity contribution is -0.384. The largest absolute Gasteiger partial charge is 0.459 e. The number of aliphatic hydroxyl groups excluding tert-OH is 2. The second-order valence-electron chi connectivity index (χ2n) is 18.0. The van der Waals surface area contributed by atoms with Gasteiger partial charge in [-0.15, -0.1) is 6.58 Å². The number of benzene rings is 5. The Morgan fingerprint density at radius 3 is 2.46 bits per heavy atom. The van der Waals surface area contributed by atoms with Gasteiger partial charge in [-0.1, -0.05) is 109 Å². The second-order valence-corrected chi connectivity index (χ2v) is 18.0. The number of oxime groups is 1. The summed E-state index contributed by atoms with van der Waals surface area (Å²) in [4.78, 5) is 34.1. The topological polar surface area (TPSA) is 172 Å². The van der Waals surface area contributed by atoms with Crippen LogP contribution in [0.15, 0.2) is 145 Å². The lowest BCUT2D eigenvalue weighted by Gasteiger charge is -2.59. The first-order chi connectivity index (χ1) is 34.3. The van der Waals surface area contributed by atoms with Crippen molar-refractivity contribution < 1.29 is 48.5 Å². The van der Waals surface area contributed by atoms with Crippen LogP contribution in [0.1, 0.15) is 74.5 Å². The van der Waals surface area contributed by atoms with Crippen molar-refractivity contribution in [2.24, 2.45) is 22.9 Å². The van der Waals surface area contributed by atoms with E-state index in [-0.39, 0.29) is 69.4 Å². The normalized spacial score (nSPS) is 21.7. The highest BCUT2D eigenvalue weighted by atomic mass is 16.7. The number of amides is 1. The molecule has 14 heteroatoms. The zero-order chi connectivity index (χ0) is 48.9. The summed E-state index contributed by atoms with van der Waals surface area (Å²) in [6, 6.07) is 34.7. The van der Waals surface area contributed by atoms with Crippen LogP contribution in [0.3, 0.4) is 0 Å². The maximum absolute atomic E-state index is 15.2. The van der Waals surface area contributed by atoms with Crippen LogP contribution in [0.25, 0.3) is 10.8 Å². The molecule has 3 aliphatic rings. The molecule has 1 heterocycles. The third-order valence-electron chi connectivity index (χ3n) is 13.6. The molecule has 5 aromatic rings. The Balaban J connectivity index is 1.29. The zero-order valence-corrected chi connectivity index (χ0v) is 39.7. The summed E-state index contributed by atoms with van der Waals surface area (Å²) in [5, 5.41) is 38.6. The highest BCUT2D eigenvalue weighted by molar-refractivity contribution is 6.03. The van der Waals surface area contributed by atoms with E-state index < -0.39 is 28.8 Å². The Morgan fingerprint density at radius 1 is 0.914 bits per heavy atom. The quantitative estimate of drug-likeness (QED) is 0.0261. The number of ether oxygens (including phenoxy) is 5. The summed E-state index contributed by atoms with van der Waals surface area (Å²) in [6.45, 7) is 7.08. The summed E-state index contributed by atoms with van der Waals surface area (Å²) in [6.07, 6.45) is 7.81. The number of rotatable bonds is 24. The molecule has 0 radical (unpaired) electrons. The van der Waals surface area contributed by atoms with Crippen molar-refractivity contribution in [2.75, 3.05) is 39.6 Å². The van der Waals surface area contributed by atoms with E-state index in [0.717, 1.165) is 58.7 Å². The molecule has 2 N–H and O–H groups in total. The van der Waals surface area contributed by atoms with E-state index in [1.54, 1.807) is 29.2 Å². The van der Waals surface area contributed by atoms with Crippen molar-refractivity contribution in [3.8, 4) is 17.2 Å². The fourth-order valence-corrected chi connectivity index (χ4v) is 10.6. The van der Waals surface area contributed by atoms with E-state index >= 15 is 4.79 Å². The molecule has 368 valence electrons. The number of nitro benzene ring substituents is 1. The number of non-ortho nitro benzene ring substituents is 1. The molecule has 0 aromatic heterocycles. The van der Waals surface area contributed by atoms with Crippen molar-refractivity contribution >= 4 is 28.3 Å². The zero-order valence-electron chi connectivity index (χ0n) is 39.7. The van der Waals surface area contributed by atoms with Crippen LogP contribution in [0.4, 0.5) is 10.5 Å². The summed E-state index contributed by atoms with van der Waals surface area (Å²) in [7, 11) is 0. The van der Waals surface area contributed by atoms with Gasteiger partial charge in [-0.25, -0.2) is 4.79 Å². The lowest BCUT2D eigenvalue weighted by Crippen LogP contribution is -2.70. The van der Waals surface area contributed by atoms with Gasteiger partial charge in [0.25, 0.3) is 5.69 Å². The molecular weight excluding hydrogens is 891 g/mol. The Morgan fingerprint density at radius 2 is 1.67 bits per heavy atom. The summed E-state index contributed by atoms with van der Waals surface area (Å²) in [5.74, 6) is -1.23. The minimum Gasteiger partial charge on any atom is -0.459 e. The van der Waals surface area contributed by atoms with Crippen molar-refractivity contribution in [1.29, 1.82) is 0 Å². The van der Waals surface area contributed by atoms with Crippen LogP contribution >= 0.6 is 0 Å². The standard InChI is InChI=1S/C56H63N3O11/c1-3-30-67-56-52(58(37-42-21-14-20-40-18-8-9-24-46(40)42)55(62)66-32-31-65-38-39-16-6-5-7-17-39)36-50(57-68-4-2)48-33-41(19-10-12-28-60)47(25-11-13-29-61)53(54(48)56)49-35-45(26-27-51(49)70-56)69-44-23-15-22-43(34-44)59(63)64/h3,5-9,14-18,20-24,26-27,33-35,41,47,52-54,60-61H,1,4,10-13,19,25,28-32,36-38H2,2H3. The Hall–Kier alpha value is -6.58. The fourth-order valence-electron chi connectivity index (χ4n) is 10.6. The lowest BCUT2D eigenvalue weighted by atomic mass is 9.55. The number of nitro groups is 1. The highest BCUT2D eigenvalue weighted by Gasteiger charge is 2.65. The van der Waals surface area contributed by atoms with E-state index in [0.29, 0.717) is 49.0 Å². The Bertz CT molecular complexity index is 2630.